The molecule has 1 aromatic carbocycles. The van der Waals surface area contributed by atoms with Crippen LogP contribution in [0.25, 0.3) is 0 Å². The molecule has 0 spiro atoms. The summed E-state index contributed by atoms with van der Waals surface area (Å²) in [5.74, 6) is 1.62. The van der Waals surface area contributed by atoms with Gasteiger partial charge in [0.1, 0.15) is 5.75 Å². The minimum absolute atomic E-state index is 0.594. The molecule has 0 fully saturated rings. The van der Waals surface area contributed by atoms with Crippen LogP contribution in [0.1, 0.15) is 42.9 Å². The van der Waals surface area contributed by atoms with Crippen LogP contribution in [0.3, 0.4) is 0 Å². The SMILES string of the molecule is CCOc1cc(C)c(C(C)CCNC)cc1C. The van der Waals surface area contributed by atoms with Crippen molar-refractivity contribution in [2.24, 2.45) is 0 Å². The summed E-state index contributed by atoms with van der Waals surface area (Å²) >= 11 is 0. The molecule has 0 aromatic heterocycles. The van der Waals surface area contributed by atoms with Crippen molar-refractivity contribution in [3.8, 4) is 5.75 Å². The second-order valence-corrected chi connectivity index (χ2v) is 4.70. The lowest BCUT2D eigenvalue weighted by molar-refractivity contribution is 0.337. The maximum Gasteiger partial charge on any atom is 0.122 e. The van der Waals surface area contributed by atoms with Gasteiger partial charge in [-0.3, -0.25) is 0 Å². The average Bonchev–Trinajstić information content (AvgIpc) is 2.30. The van der Waals surface area contributed by atoms with Crippen LogP contribution in [0.5, 0.6) is 5.75 Å². The van der Waals surface area contributed by atoms with Gasteiger partial charge in [0, 0.05) is 0 Å². The number of ether oxygens (including phenoxy) is 1. The third-order valence-corrected chi connectivity index (χ3v) is 3.22. The molecule has 1 rings (SSSR count). The van der Waals surface area contributed by atoms with Crippen molar-refractivity contribution in [1.82, 2.24) is 5.32 Å². The number of rotatable bonds is 6. The van der Waals surface area contributed by atoms with Gasteiger partial charge in [-0.2, -0.15) is 0 Å². The fourth-order valence-electron chi connectivity index (χ4n) is 2.17. The van der Waals surface area contributed by atoms with Crippen molar-refractivity contribution in [2.45, 2.75) is 40.0 Å². The Balaban J connectivity index is 2.90. The molecule has 96 valence electrons. The molecule has 0 amide bonds. The van der Waals surface area contributed by atoms with E-state index >= 15 is 0 Å². The molecule has 0 aliphatic rings. The largest absolute Gasteiger partial charge is 0.494 e. The summed E-state index contributed by atoms with van der Waals surface area (Å²) in [4.78, 5) is 0. The van der Waals surface area contributed by atoms with Gasteiger partial charge in [0.15, 0.2) is 0 Å². The Bertz CT molecular complexity index is 360. The van der Waals surface area contributed by atoms with Crippen LogP contribution in [0.4, 0.5) is 0 Å². The normalized spacial score (nSPS) is 12.5. The highest BCUT2D eigenvalue weighted by atomic mass is 16.5. The van der Waals surface area contributed by atoms with E-state index in [1.54, 1.807) is 0 Å². The fourth-order valence-corrected chi connectivity index (χ4v) is 2.17. The predicted molar refractivity (Wildman–Crippen MR) is 74.0 cm³/mol. The highest BCUT2D eigenvalue weighted by Crippen LogP contribution is 2.29. The number of aryl methyl sites for hydroxylation is 2. The molecular formula is C15H25NO. The molecule has 17 heavy (non-hydrogen) atoms. The van der Waals surface area contributed by atoms with E-state index in [4.69, 9.17) is 4.74 Å². The van der Waals surface area contributed by atoms with E-state index in [1.165, 1.54) is 23.1 Å². The number of hydrogen-bond donors (Lipinski definition) is 1. The Labute approximate surface area is 105 Å². The van der Waals surface area contributed by atoms with Gasteiger partial charge in [-0.15, -0.1) is 0 Å². The topological polar surface area (TPSA) is 21.3 Å². The first-order valence-electron chi connectivity index (χ1n) is 6.48. The molecular weight excluding hydrogens is 210 g/mol. The maximum atomic E-state index is 5.62. The average molecular weight is 235 g/mol. The van der Waals surface area contributed by atoms with Gasteiger partial charge in [0.2, 0.25) is 0 Å². The van der Waals surface area contributed by atoms with Crippen molar-refractivity contribution in [1.29, 1.82) is 0 Å². The van der Waals surface area contributed by atoms with E-state index in [-0.39, 0.29) is 0 Å². The Morgan fingerprint density at radius 1 is 1.24 bits per heavy atom. The molecule has 0 aliphatic carbocycles. The summed E-state index contributed by atoms with van der Waals surface area (Å²) in [7, 11) is 2.00. The van der Waals surface area contributed by atoms with Crippen molar-refractivity contribution in [2.75, 3.05) is 20.2 Å². The molecule has 1 N–H and O–H groups in total. The summed E-state index contributed by atoms with van der Waals surface area (Å²) in [6.07, 6.45) is 1.17. The van der Waals surface area contributed by atoms with Crippen LogP contribution < -0.4 is 10.1 Å². The summed E-state index contributed by atoms with van der Waals surface area (Å²) < 4.78 is 5.62. The number of nitrogens with one attached hydrogen (secondary N) is 1. The van der Waals surface area contributed by atoms with Crippen LogP contribution in [0.2, 0.25) is 0 Å². The van der Waals surface area contributed by atoms with Gasteiger partial charge < -0.3 is 10.1 Å². The van der Waals surface area contributed by atoms with Gasteiger partial charge in [-0.05, 0) is 69.5 Å². The summed E-state index contributed by atoms with van der Waals surface area (Å²) in [6, 6.07) is 4.45. The lowest BCUT2D eigenvalue weighted by Crippen LogP contribution is -2.11. The summed E-state index contributed by atoms with van der Waals surface area (Å²) in [5, 5.41) is 3.21. The molecule has 1 atom stereocenters. The zero-order valence-electron chi connectivity index (χ0n) is 11.8. The minimum Gasteiger partial charge on any atom is -0.494 e. The van der Waals surface area contributed by atoms with Gasteiger partial charge in [0.05, 0.1) is 6.61 Å². The summed E-state index contributed by atoms with van der Waals surface area (Å²) in [5.41, 5.74) is 4.02. The Morgan fingerprint density at radius 2 is 1.94 bits per heavy atom. The van der Waals surface area contributed by atoms with Gasteiger partial charge >= 0.3 is 0 Å². The Kier molecular flexibility index (Phi) is 5.49. The quantitative estimate of drug-likeness (QED) is 0.816. The maximum absolute atomic E-state index is 5.62. The molecule has 0 aliphatic heterocycles. The van der Waals surface area contributed by atoms with Crippen LogP contribution >= 0.6 is 0 Å². The zero-order chi connectivity index (χ0) is 12.8. The van der Waals surface area contributed by atoms with E-state index in [0.717, 1.165) is 18.9 Å². The molecule has 1 aromatic rings. The minimum atomic E-state index is 0.594. The standard InChI is InChI=1S/C15H25NO/c1-6-17-15-10-12(3)14(9-13(15)4)11(2)7-8-16-5/h9-11,16H,6-8H2,1-5H3. The van der Waals surface area contributed by atoms with Crippen molar-refractivity contribution < 1.29 is 4.74 Å². The second-order valence-electron chi connectivity index (χ2n) is 4.70. The van der Waals surface area contributed by atoms with Gasteiger partial charge in [0.25, 0.3) is 0 Å². The predicted octanol–water partition coefficient (Wildman–Crippen LogP) is 3.42. The second kappa shape index (κ2) is 6.65. The Hall–Kier alpha value is -1.02. The highest BCUT2D eigenvalue weighted by molar-refractivity contribution is 5.42. The third kappa shape index (κ3) is 3.74. The molecule has 1 unspecified atom stereocenters. The van der Waals surface area contributed by atoms with Crippen molar-refractivity contribution >= 4 is 0 Å². The first kappa shape index (κ1) is 14.0. The van der Waals surface area contributed by atoms with Gasteiger partial charge in [-0.1, -0.05) is 13.0 Å². The first-order chi connectivity index (χ1) is 8.10. The molecule has 0 saturated carbocycles. The van der Waals surface area contributed by atoms with E-state index in [0.29, 0.717) is 5.92 Å². The van der Waals surface area contributed by atoms with Crippen LogP contribution in [-0.4, -0.2) is 20.2 Å². The van der Waals surface area contributed by atoms with E-state index in [1.807, 2.05) is 14.0 Å². The van der Waals surface area contributed by atoms with Crippen molar-refractivity contribution in [3.05, 3.63) is 28.8 Å². The van der Waals surface area contributed by atoms with E-state index in [2.05, 4.69) is 38.2 Å². The lowest BCUT2D eigenvalue weighted by atomic mass is 9.92. The number of hydrogen-bond acceptors (Lipinski definition) is 2. The highest BCUT2D eigenvalue weighted by Gasteiger charge is 2.11. The molecule has 0 heterocycles. The molecule has 0 radical (unpaired) electrons. The van der Waals surface area contributed by atoms with Crippen LogP contribution in [0, 0.1) is 13.8 Å². The molecule has 0 saturated heterocycles. The fraction of sp³-hybridized carbons (Fsp3) is 0.600. The Morgan fingerprint density at radius 3 is 2.53 bits per heavy atom. The summed E-state index contributed by atoms with van der Waals surface area (Å²) in [6.45, 7) is 10.4. The van der Waals surface area contributed by atoms with Crippen LogP contribution in [-0.2, 0) is 0 Å². The monoisotopic (exact) mass is 235 g/mol. The van der Waals surface area contributed by atoms with Crippen LogP contribution in [0.15, 0.2) is 12.1 Å². The lowest BCUT2D eigenvalue weighted by Gasteiger charge is -2.17. The third-order valence-electron chi connectivity index (χ3n) is 3.22. The molecule has 2 heteroatoms. The van der Waals surface area contributed by atoms with Gasteiger partial charge in [-0.25, -0.2) is 0 Å². The number of benzene rings is 1. The molecule has 2 nitrogen and oxygen atoms in total. The molecule has 0 bridgehead atoms. The zero-order valence-corrected chi connectivity index (χ0v) is 11.8. The first-order valence-corrected chi connectivity index (χ1v) is 6.48. The van der Waals surface area contributed by atoms with E-state index < -0.39 is 0 Å². The smallest absolute Gasteiger partial charge is 0.122 e. The van der Waals surface area contributed by atoms with Crippen molar-refractivity contribution in [3.63, 3.8) is 0 Å². The van der Waals surface area contributed by atoms with E-state index in [9.17, 15) is 0 Å².